The molecule has 4 nitrogen and oxygen atoms in total. The molecule has 0 radical (unpaired) electrons. The molecule has 0 spiro atoms. The molecule has 5 unspecified atom stereocenters. The Morgan fingerprint density at radius 3 is 3.06 bits per heavy atom. The van der Waals surface area contributed by atoms with Gasteiger partial charge in [-0.3, -0.25) is 9.59 Å². The molecule has 5 atom stereocenters. The zero-order valence-electron chi connectivity index (χ0n) is 9.14. The van der Waals surface area contributed by atoms with Crippen LogP contribution >= 0.6 is 0 Å². The number of rotatable bonds is 2. The van der Waals surface area contributed by atoms with Gasteiger partial charge in [-0.25, -0.2) is 0 Å². The van der Waals surface area contributed by atoms with Gasteiger partial charge in [0.2, 0.25) is 0 Å². The van der Waals surface area contributed by atoms with Crippen molar-refractivity contribution in [3.8, 4) is 0 Å². The summed E-state index contributed by atoms with van der Waals surface area (Å²) in [5.41, 5.74) is 0.908. The van der Waals surface area contributed by atoms with Gasteiger partial charge in [0.15, 0.2) is 0 Å². The van der Waals surface area contributed by atoms with Gasteiger partial charge in [0.1, 0.15) is 6.10 Å². The first kappa shape index (κ1) is 9.87. The maximum atomic E-state index is 11.8. The van der Waals surface area contributed by atoms with E-state index in [1.54, 1.807) is 6.92 Å². The van der Waals surface area contributed by atoms with Gasteiger partial charge in [-0.15, -0.1) is 0 Å². The first-order chi connectivity index (χ1) is 7.65. The summed E-state index contributed by atoms with van der Waals surface area (Å²) in [4.78, 5) is 23.5. The fourth-order valence-electron chi connectivity index (χ4n) is 3.52. The third kappa shape index (κ3) is 0.996. The maximum absolute atomic E-state index is 11.8. The van der Waals surface area contributed by atoms with Gasteiger partial charge in [0.25, 0.3) is 0 Å². The lowest BCUT2D eigenvalue weighted by Gasteiger charge is -2.24. The van der Waals surface area contributed by atoms with E-state index in [9.17, 15) is 9.59 Å². The SMILES string of the molecule is C=C1C2CC3C1OC(=O)C3C2C(=O)OCC. The van der Waals surface area contributed by atoms with E-state index in [2.05, 4.69) is 6.58 Å². The Balaban J connectivity index is 1.93. The molecule has 16 heavy (non-hydrogen) atoms. The van der Waals surface area contributed by atoms with Crippen LogP contribution in [0.5, 0.6) is 0 Å². The minimum absolute atomic E-state index is 0.0884. The summed E-state index contributed by atoms with van der Waals surface area (Å²) in [7, 11) is 0. The van der Waals surface area contributed by atoms with Crippen LogP contribution in [0.2, 0.25) is 0 Å². The fraction of sp³-hybridized carbons (Fsp3) is 0.667. The smallest absolute Gasteiger partial charge is 0.310 e. The van der Waals surface area contributed by atoms with Crippen LogP contribution in [0.4, 0.5) is 0 Å². The summed E-state index contributed by atoms with van der Waals surface area (Å²) in [6.07, 6.45) is 0.719. The van der Waals surface area contributed by atoms with Gasteiger partial charge in [-0.1, -0.05) is 6.58 Å². The summed E-state index contributed by atoms with van der Waals surface area (Å²) in [5.74, 6) is -0.874. The van der Waals surface area contributed by atoms with Gasteiger partial charge >= 0.3 is 11.9 Å². The first-order valence-corrected chi connectivity index (χ1v) is 5.71. The van der Waals surface area contributed by atoms with Crippen LogP contribution in [0, 0.1) is 23.7 Å². The Morgan fingerprint density at radius 1 is 1.62 bits per heavy atom. The van der Waals surface area contributed by atoms with E-state index in [1.165, 1.54) is 0 Å². The lowest BCUT2D eigenvalue weighted by molar-refractivity contribution is -0.155. The van der Waals surface area contributed by atoms with E-state index in [4.69, 9.17) is 9.47 Å². The molecule has 3 fully saturated rings. The summed E-state index contributed by atoms with van der Waals surface area (Å²) < 4.78 is 10.3. The number of carbonyl (C=O) groups excluding carboxylic acids is 2. The van der Waals surface area contributed by atoms with Crippen molar-refractivity contribution in [2.75, 3.05) is 6.61 Å². The molecule has 2 bridgehead atoms. The maximum Gasteiger partial charge on any atom is 0.310 e. The van der Waals surface area contributed by atoms with Crippen molar-refractivity contribution < 1.29 is 19.1 Å². The number of esters is 2. The van der Waals surface area contributed by atoms with Crippen molar-refractivity contribution >= 4 is 11.9 Å². The highest BCUT2D eigenvalue weighted by Crippen LogP contribution is 2.59. The van der Waals surface area contributed by atoms with E-state index in [0.29, 0.717) is 6.61 Å². The number of carbonyl (C=O) groups is 2. The summed E-state index contributed by atoms with van der Waals surface area (Å²) in [6.45, 7) is 6.08. The van der Waals surface area contributed by atoms with Crippen LogP contribution in [0.1, 0.15) is 13.3 Å². The van der Waals surface area contributed by atoms with Gasteiger partial charge < -0.3 is 9.47 Å². The van der Waals surface area contributed by atoms with Crippen molar-refractivity contribution in [2.24, 2.45) is 23.7 Å². The molecule has 86 valence electrons. The molecule has 2 saturated carbocycles. The zero-order chi connectivity index (χ0) is 11.4. The Kier molecular flexibility index (Phi) is 1.91. The number of hydrogen-bond donors (Lipinski definition) is 0. The number of ether oxygens (including phenoxy) is 2. The quantitative estimate of drug-likeness (QED) is 0.515. The predicted molar refractivity (Wildman–Crippen MR) is 54.2 cm³/mol. The standard InChI is InChI=1S/C12H14O4/c1-3-15-11(13)8-6-4-7-9(8)12(14)16-10(7)5(6)2/h6-10H,2-4H2,1H3. The van der Waals surface area contributed by atoms with Crippen LogP contribution in [-0.4, -0.2) is 24.6 Å². The second-order valence-electron chi connectivity index (χ2n) is 4.74. The van der Waals surface area contributed by atoms with Gasteiger partial charge in [-0.2, -0.15) is 0 Å². The minimum Gasteiger partial charge on any atom is -0.466 e. The summed E-state index contributed by atoms with van der Waals surface area (Å²) >= 11 is 0. The molecule has 0 amide bonds. The van der Waals surface area contributed by atoms with E-state index in [1.807, 2.05) is 0 Å². The lowest BCUT2D eigenvalue weighted by atomic mass is 9.78. The number of fused-ring (bicyclic) bond motifs is 1. The third-order valence-corrected chi connectivity index (χ3v) is 4.11. The first-order valence-electron chi connectivity index (χ1n) is 5.71. The highest BCUT2D eigenvalue weighted by molar-refractivity contribution is 5.87. The molecule has 4 heteroatoms. The molecule has 3 aliphatic rings. The molecule has 0 aromatic heterocycles. The molecule has 0 N–H and O–H groups in total. The predicted octanol–water partition coefficient (Wildman–Crippen LogP) is 0.913. The Hall–Kier alpha value is -1.32. The van der Waals surface area contributed by atoms with Crippen molar-refractivity contribution in [3.05, 3.63) is 12.2 Å². The normalized spacial score (nSPS) is 43.7. The zero-order valence-corrected chi connectivity index (χ0v) is 9.14. The monoisotopic (exact) mass is 222 g/mol. The molecule has 2 aliphatic carbocycles. The highest BCUT2D eigenvalue weighted by Gasteiger charge is 2.66. The molecule has 1 aliphatic heterocycles. The molecule has 1 saturated heterocycles. The largest absolute Gasteiger partial charge is 0.466 e. The van der Waals surface area contributed by atoms with E-state index in [0.717, 1.165) is 12.0 Å². The lowest BCUT2D eigenvalue weighted by Crippen LogP contribution is -2.34. The van der Waals surface area contributed by atoms with Crippen LogP contribution < -0.4 is 0 Å². The van der Waals surface area contributed by atoms with Crippen LogP contribution in [0.15, 0.2) is 12.2 Å². The van der Waals surface area contributed by atoms with Gasteiger partial charge in [0, 0.05) is 5.92 Å². The summed E-state index contributed by atoms with van der Waals surface area (Å²) in [6, 6.07) is 0. The molecule has 0 aromatic rings. The molecular weight excluding hydrogens is 208 g/mol. The Bertz CT molecular complexity index is 386. The van der Waals surface area contributed by atoms with E-state index < -0.39 is 0 Å². The summed E-state index contributed by atoms with van der Waals surface area (Å²) in [5, 5.41) is 0. The second-order valence-corrected chi connectivity index (χ2v) is 4.74. The minimum atomic E-state index is -0.344. The van der Waals surface area contributed by atoms with Crippen molar-refractivity contribution in [1.29, 1.82) is 0 Å². The van der Waals surface area contributed by atoms with E-state index in [-0.39, 0.29) is 41.7 Å². The number of hydrogen-bond acceptors (Lipinski definition) is 4. The van der Waals surface area contributed by atoms with E-state index >= 15 is 0 Å². The topological polar surface area (TPSA) is 52.6 Å². The Morgan fingerprint density at radius 2 is 2.38 bits per heavy atom. The van der Waals surface area contributed by atoms with Crippen LogP contribution in [0.3, 0.4) is 0 Å². The van der Waals surface area contributed by atoms with Crippen molar-refractivity contribution in [2.45, 2.75) is 19.4 Å². The van der Waals surface area contributed by atoms with Crippen molar-refractivity contribution in [1.82, 2.24) is 0 Å². The van der Waals surface area contributed by atoms with Gasteiger partial charge in [0.05, 0.1) is 18.4 Å². The van der Waals surface area contributed by atoms with Crippen LogP contribution in [0.25, 0.3) is 0 Å². The average molecular weight is 222 g/mol. The third-order valence-electron chi connectivity index (χ3n) is 4.11. The van der Waals surface area contributed by atoms with Gasteiger partial charge in [-0.05, 0) is 24.8 Å². The Labute approximate surface area is 93.6 Å². The molecular formula is C12H14O4. The molecule has 3 rings (SSSR count). The average Bonchev–Trinajstić information content (AvgIpc) is 2.82. The van der Waals surface area contributed by atoms with Crippen molar-refractivity contribution in [3.63, 3.8) is 0 Å². The highest BCUT2D eigenvalue weighted by atomic mass is 16.6. The fourth-order valence-corrected chi connectivity index (χ4v) is 3.52. The molecule has 0 aromatic carbocycles. The molecule has 1 heterocycles. The van der Waals surface area contributed by atoms with Crippen LogP contribution in [-0.2, 0) is 19.1 Å². The second kappa shape index (κ2) is 3.09.